The molecule has 3 rings (SSSR count). The van der Waals surface area contributed by atoms with Crippen molar-refractivity contribution < 1.29 is 19.7 Å². The molecule has 10 nitrogen and oxygen atoms in total. The van der Waals surface area contributed by atoms with Crippen LogP contribution in [-0.2, 0) is 9.47 Å². The highest BCUT2D eigenvalue weighted by Gasteiger charge is 2.45. The minimum Gasteiger partial charge on any atom is -0.394 e. The van der Waals surface area contributed by atoms with Gasteiger partial charge in [0.05, 0.1) is 12.9 Å². The maximum atomic E-state index is 10.1. The van der Waals surface area contributed by atoms with Gasteiger partial charge in [-0.3, -0.25) is 4.57 Å². The van der Waals surface area contributed by atoms with Gasteiger partial charge in [-0.15, -0.1) is 0 Å². The number of hydrogen-bond donors (Lipinski definition) is 4. The second-order valence-electron chi connectivity index (χ2n) is 4.73. The summed E-state index contributed by atoms with van der Waals surface area (Å²) in [5.41, 5.74) is 12.1. The topological polar surface area (TPSA) is 155 Å². The number of nitrogen functional groups attached to an aromatic ring is 2. The van der Waals surface area contributed by atoms with Gasteiger partial charge in [0.25, 0.3) is 0 Å². The van der Waals surface area contributed by atoms with E-state index in [1.165, 1.54) is 13.4 Å². The van der Waals surface area contributed by atoms with Crippen LogP contribution in [0.25, 0.3) is 11.2 Å². The summed E-state index contributed by atoms with van der Waals surface area (Å²) in [6.45, 7) is -0.330. The Bertz CT molecular complexity index is 661. The number of aliphatic hydroxyl groups excluding tert-OH is 2. The molecule has 1 aliphatic rings. The number of nitrogens with zero attached hydrogens (tertiary/aromatic N) is 4. The van der Waals surface area contributed by atoms with Gasteiger partial charge in [0.1, 0.15) is 23.8 Å². The van der Waals surface area contributed by atoms with Gasteiger partial charge < -0.3 is 31.2 Å². The molecule has 10 heteroatoms. The van der Waals surface area contributed by atoms with Gasteiger partial charge in [-0.25, -0.2) is 4.98 Å². The summed E-state index contributed by atoms with van der Waals surface area (Å²) in [6, 6.07) is 0. The van der Waals surface area contributed by atoms with Crippen LogP contribution < -0.4 is 11.5 Å². The van der Waals surface area contributed by atoms with Crippen LogP contribution in [0.15, 0.2) is 6.33 Å². The van der Waals surface area contributed by atoms with Crippen LogP contribution in [0.1, 0.15) is 6.23 Å². The highest BCUT2D eigenvalue weighted by atomic mass is 16.6. The van der Waals surface area contributed by atoms with Crippen LogP contribution in [0.3, 0.4) is 0 Å². The van der Waals surface area contributed by atoms with Crippen LogP contribution >= 0.6 is 0 Å². The van der Waals surface area contributed by atoms with E-state index < -0.39 is 24.5 Å². The minimum atomic E-state index is -0.973. The zero-order valence-corrected chi connectivity index (χ0v) is 11.2. The van der Waals surface area contributed by atoms with Crippen LogP contribution in [0.2, 0.25) is 0 Å². The molecule has 2 aromatic rings. The summed E-state index contributed by atoms with van der Waals surface area (Å²) < 4.78 is 12.4. The molecule has 3 heterocycles. The molecule has 21 heavy (non-hydrogen) atoms. The molecule has 0 radical (unpaired) electrons. The van der Waals surface area contributed by atoms with Crippen molar-refractivity contribution in [2.75, 3.05) is 25.2 Å². The van der Waals surface area contributed by atoms with Crippen molar-refractivity contribution in [3.05, 3.63) is 6.33 Å². The molecule has 1 saturated heterocycles. The smallest absolute Gasteiger partial charge is 0.224 e. The Kier molecular flexibility index (Phi) is 3.37. The maximum Gasteiger partial charge on any atom is 0.224 e. The number of nitrogens with two attached hydrogens (primary N) is 2. The van der Waals surface area contributed by atoms with E-state index in [2.05, 4.69) is 15.0 Å². The van der Waals surface area contributed by atoms with Crippen LogP contribution in [0, 0.1) is 0 Å². The first-order chi connectivity index (χ1) is 10.1. The summed E-state index contributed by atoms with van der Waals surface area (Å²) >= 11 is 0. The number of hydrogen-bond acceptors (Lipinski definition) is 9. The zero-order valence-electron chi connectivity index (χ0n) is 11.2. The Hall–Kier alpha value is -2.01. The van der Waals surface area contributed by atoms with Crippen molar-refractivity contribution in [3.8, 4) is 0 Å². The third-order valence-electron chi connectivity index (χ3n) is 3.50. The number of anilines is 2. The molecule has 0 spiro atoms. The lowest BCUT2D eigenvalue weighted by molar-refractivity contribution is -0.0583. The molecule has 2 aromatic heterocycles. The quantitative estimate of drug-likeness (QED) is 0.516. The Morgan fingerprint density at radius 3 is 2.86 bits per heavy atom. The summed E-state index contributed by atoms with van der Waals surface area (Å²) in [6.07, 6.45) is -1.66. The van der Waals surface area contributed by atoms with Crippen molar-refractivity contribution in [2.24, 2.45) is 0 Å². The zero-order chi connectivity index (χ0) is 15.1. The molecule has 0 aromatic carbocycles. The highest BCUT2D eigenvalue weighted by molar-refractivity contribution is 5.82. The fraction of sp³-hybridized carbons (Fsp3) is 0.545. The molecule has 1 fully saturated rings. The predicted octanol–water partition coefficient (Wildman–Crippen LogP) is -1.74. The molecule has 0 unspecified atom stereocenters. The molecule has 6 N–H and O–H groups in total. The van der Waals surface area contributed by atoms with Crippen molar-refractivity contribution >= 4 is 22.9 Å². The Labute approximate surface area is 119 Å². The number of imidazole rings is 1. The summed E-state index contributed by atoms with van der Waals surface area (Å²) in [5.74, 6) is 0.162. The van der Waals surface area contributed by atoms with Crippen molar-refractivity contribution in [3.63, 3.8) is 0 Å². The summed E-state index contributed by atoms with van der Waals surface area (Å²) in [5, 5.41) is 19.3. The molecule has 0 amide bonds. The molecular formula is C11H16N6O4. The number of aliphatic hydroxyl groups is 2. The first-order valence-electron chi connectivity index (χ1n) is 6.29. The predicted molar refractivity (Wildman–Crippen MR) is 71.9 cm³/mol. The fourth-order valence-corrected chi connectivity index (χ4v) is 2.49. The molecule has 0 aliphatic carbocycles. The van der Waals surface area contributed by atoms with Crippen molar-refractivity contribution in [1.29, 1.82) is 0 Å². The van der Waals surface area contributed by atoms with E-state index in [1.807, 2.05) is 0 Å². The fourth-order valence-electron chi connectivity index (χ4n) is 2.49. The lowest BCUT2D eigenvalue weighted by atomic mass is 10.1. The van der Waals surface area contributed by atoms with Crippen LogP contribution in [0.4, 0.5) is 11.8 Å². The number of rotatable bonds is 3. The Morgan fingerprint density at radius 1 is 1.43 bits per heavy atom. The SMILES string of the molecule is CO[C@@H]1[C@H](O)[C@@H](CO)O[C@H]1n1cnc2c(N)nc(N)nc21. The lowest BCUT2D eigenvalue weighted by Crippen LogP contribution is -2.34. The normalized spacial score (nSPS) is 29.3. The van der Waals surface area contributed by atoms with Gasteiger partial charge >= 0.3 is 0 Å². The molecule has 4 atom stereocenters. The van der Waals surface area contributed by atoms with Gasteiger partial charge in [0.2, 0.25) is 5.95 Å². The average molecular weight is 296 g/mol. The van der Waals surface area contributed by atoms with E-state index >= 15 is 0 Å². The summed E-state index contributed by atoms with van der Waals surface area (Å²) in [4.78, 5) is 12.1. The molecule has 114 valence electrons. The third kappa shape index (κ3) is 2.08. The number of fused-ring (bicyclic) bond motifs is 1. The number of methoxy groups -OCH3 is 1. The third-order valence-corrected chi connectivity index (χ3v) is 3.50. The standard InChI is InChI=1S/C11H16N6O4/c1-20-7-6(19)4(2-18)21-10(7)17-3-14-5-8(12)15-11(13)16-9(5)17/h3-4,6-7,10,18-19H,2H2,1H3,(H4,12,13,15,16)/t4-,6-,7-,10-/m1/s1. The maximum absolute atomic E-state index is 10.1. The first-order valence-corrected chi connectivity index (χ1v) is 6.29. The molecule has 0 bridgehead atoms. The second-order valence-corrected chi connectivity index (χ2v) is 4.73. The van der Waals surface area contributed by atoms with Crippen molar-refractivity contribution in [2.45, 2.75) is 24.5 Å². The van der Waals surface area contributed by atoms with Gasteiger partial charge in [-0.2, -0.15) is 9.97 Å². The van der Waals surface area contributed by atoms with E-state index in [4.69, 9.17) is 20.9 Å². The van der Waals surface area contributed by atoms with E-state index in [1.54, 1.807) is 4.57 Å². The minimum absolute atomic E-state index is 0.00738. The largest absolute Gasteiger partial charge is 0.394 e. The number of ether oxygens (including phenoxy) is 2. The van der Waals surface area contributed by atoms with Gasteiger partial charge in [-0.1, -0.05) is 0 Å². The van der Waals surface area contributed by atoms with E-state index in [-0.39, 0.29) is 18.4 Å². The Morgan fingerprint density at radius 2 is 2.19 bits per heavy atom. The second kappa shape index (κ2) is 5.07. The van der Waals surface area contributed by atoms with Crippen molar-refractivity contribution in [1.82, 2.24) is 19.5 Å². The summed E-state index contributed by atoms with van der Waals surface area (Å²) in [7, 11) is 1.45. The molecule has 1 aliphatic heterocycles. The van der Waals surface area contributed by atoms with Gasteiger partial charge in [0.15, 0.2) is 17.7 Å². The monoisotopic (exact) mass is 296 g/mol. The van der Waals surface area contributed by atoms with E-state index in [9.17, 15) is 10.2 Å². The van der Waals surface area contributed by atoms with E-state index in [0.717, 1.165) is 0 Å². The van der Waals surface area contributed by atoms with Gasteiger partial charge in [0, 0.05) is 7.11 Å². The Balaban J connectivity index is 2.08. The van der Waals surface area contributed by atoms with Crippen LogP contribution in [-0.4, -0.2) is 61.8 Å². The highest BCUT2D eigenvalue weighted by Crippen LogP contribution is 2.33. The average Bonchev–Trinajstić information content (AvgIpc) is 2.99. The van der Waals surface area contributed by atoms with Crippen LogP contribution in [0.5, 0.6) is 0 Å². The van der Waals surface area contributed by atoms with E-state index in [0.29, 0.717) is 11.2 Å². The lowest BCUT2D eigenvalue weighted by Gasteiger charge is -2.19. The first kappa shape index (κ1) is 13.9. The van der Waals surface area contributed by atoms with Gasteiger partial charge in [-0.05, 0) is 0 Å². The number of aromatic nitrogens is 4. The molecular weight excluding hydrogens is 280 g/mol. The molecule has 0 saturated carbocycles.